The molecule has 1 amide bonds. The van der Waals surface area contributed by atoms with Crippen LogP contribution in [-0.4, -0.2) is 38.0 Å². The van der Waals surface area contributed by atoms with Crippen LogP contribution in [0.4, 0.5) is 0 Å². The lowest BCUT2D eigenvalue weighted by Gasteiger charge is -2.22. The highest BCUT2D eigenvalue weighted by Crippen LogP contribution is 2.24. The smallest absolute Gasteiger partial charge is 0.218 e. The zero-order valence-electron chi connectivity index (χ0n) is 11.6. The van der Waals surface area contributed by atoms with Gasteiger partial charge in [-0.15, -0.1) is 0 Å². The van der Waals surface area contributed by atoms with Crippen LogP contribution < -0.4 is 5.32 Å². The van der Waals surface area contributed by atoms with E-state index < -0.39 is 0 Å². The number of piperidine rings is 1. The average molecular weight is 248 g/mol. The maximum Gasteiger partial charge on any atom is 0.218 e. The van der Waals surface area contributed by atoms with E-state index in [0.717, 1.165) is 5.92 Å². The second-order valence-corrected chi connectivity index (χ2v) is 4.85. The summed E-state index contributed by atoms with van der Waals surface area (Å²) in [5.74, 6) is 0.891. The molecule has 0 bridgehead atoms. The summed E-state index contributed by atoms with van der Waals surface area (Å²) in [6.45, 7) is 3.89. The van der Waals surface area contributed by atoms with E-state index in [2.05, 4.69) is 35.6 Å². The molecule has 0 atom stereocenters. The highest BCUT2D eigenvalue weighted by molar-refractivity contribution is 5.72. The van der Waals surface area contributed by atoms with Gasteiger partial charge in [-0.3, -0.25) is 4.79 Å². The van der Waals surface area contributed by atoms with Crippen molar-refractivity contribution < 1.29 is 4.79 Å². The van der Waals surface area contributed by atoms with Gasteiger partial charge in [-0.1, -0.05) is 30.3 Å². The first-order valence-corrected chi connectivity index (χ1v) is 6.55. The molecule has 100 valence electrons. The standard InChI is InChI=1S/C11H15N.C4H9NO/c1-2-4-10(5-3-1)11-6-8-12-9-7-11;1-4(6)5(2)3/h1-5,11-12H,6-9H2;1-3H3. The molecule has 0 aromatic heterocycles. The van der Waals surface area contributed by atoms with Crippen molar-refractivity contribution in [1.29, 1.82) is 0 Å². The minimum atomic E-state index is 0.0926. The van der Waals surface area contributed by atoms with Crippen molar-refractivity contribution in [2.24, 2.45) is 0 Å². The first-order valence-electron chi connectivity index (χ1n) is 6.55. The molecule has 1 aromatic rings. The third-order valence-corrected chi connectivity index (χ3v) is 3.24. The first-order chi connectivity index (χ1) is 8.61. The van der Waals surface area contributed by atoms with Gasteiger partial charge in [-0.25, -0.2) is 0 Å². The Bertz CT molecular complexity index is 343. The Hall–Kier alpha value is -1.35. The zero-order valence-corrected chi connectivity index (χ0v) is 11.6. The molecular weight excluding hydrogens is 224 g/mol. The Morgan fingerprint density at radius 2 is 1.67 bits per heavy atom. The molecule has 1 aliphatic rings. The van der Waals surface area contributed by atoms with Crippen LogP contribution in [0.2, 0.25) is 0 Å². The first kappa shape index (κ1) is 14.7. The van der Waals surface area contributed by atoms with E-state index >= 15 is 0 Å². The number of benzene rings is 1. The van der Waals surface area contributed by atoms with E-state index in [0.29, 0.717) is 0 Å². The molecule has 1 fully saturated rings. The van der Waals surface area contributed by atoms with Gasteiger partial charge in [-0.05, 0) is 37.4 Å². The van der Waals surface area contributed by atoms with Crippen molar-refractivity contribution >= 4 is 5.91 Å². The molecule has 0 unspecified atom stereocenters. The van der Waals surface area contributed by atoms with E-state index in [-0.39, 0.29) is 5.91 Å². The number of carbonyl (C=O) groups is 1. The van der Waals surface area contributed by atoms with Gasteiger partial charge in [0.2, 0.25) is 5.91 Å². The lowest BCUT2D eigenvalue weighted by Crippen LogP contribution is -2.26. The molecule has 18 heavy (non-hydrogen) atoms. The van der Waals surface area contributed by atoms with Gasteiger partial charge in [0.25, 0.3) is 0 Å². The number of hydrogen-bond acceptors (Lipinski definition) is 2. The molecule has 3 heteroatoms. The largest absolute Gasteiger partial charge is 0.349 e. The van der Waals surface area contributed by atoms with Crippen LogP contribution in [0.25, 0.3) is 0 Å². The van der Waals surface area contributed by atoms with Crippen molar-refractivity contribution in [3.05, 3.63) is 35.9 Å². The lowest BCUT2D eigenvalue weighted by molar-refractivity contribution is -0.126. The number of amides is 1. The summed E-state index contributed by atoms with van der Waals surface area (Å²) in [7, 11) is 3.45. The highest BCUT2D eigenvalue weighted by Gasteiger charge is 2.13. The molecule has 1 N–H and O–H groups in total. The number of hydrogen-bond donors (Lipinski definition) is 1. The van der Waals surface area contributed by atoms with Gasteiger partial charge in [-0.2, -0.15) is 0 Å². The molecule has 1 aliphatic heterocycles. The number of nitrogens with one attached hydrogen (secondary N) is 1. The predicted molar refractivity (Wildman–Crippen MR) is 75.7 cm³/mol. The summed E-state index contributed by atoms with van der Waals surface area (Å²) in [4.78, 5) is 11.6. The fraction of sp³-hybridized carbons (Fsp3) is 0.533. The molecule has 2 rings (SSSR count). The second-order valence-electron chi connectivity index (χ2n) is 4.85. The molecule has 0 saturated carbocycles. The van der Waals surface area contributed by atoms with Gasteiger partial charge in [0.05, 0.1) is 0 Å². The minimum absolute atomic E-state index is 0.0926. The molecule has 3 nitrogen and oxygen atoms in total. The van der Waals surface area contributed by atoms with E-state index in [4.69, 9.17) is 0 Å². The van der Waals surface area contributed by atoms with Crippen LogP contribution in [0.15, 0.2) is 30.3 Å². The minimum Gasteiger partial charge on any atom is -0.349 e. The van der Waals surface area contributed by atoms with Gasteiger partial charge in [0.1, 0.15) is 0 Å². The van der Waals surface area contributed by atoms with Gasteiger partial charge in [0.15, 0.2) is 0 Å². The summed E-state index contributed by atoms with van der Waals surface area (Å²) in [5, 5.41) is 3.38. The highest BCUT2D eigenvalue weighted by atomic mass is 16.2. The summed E-state index contributed by atoms with van der Waals surface area (Å²) in [6, 6.07) is 10.9. The monoisotopic (exact) mass is 248 g/mol. The number of nitrogens with zero attached hydrogens (tertiary/aromatic N) is 1. The lowest BCUT2D eigenvalue weighted by atomic mass is 9.90. The van der Waals surface area contributed by atoms with E-state index in [1.165, 1.54) is 43.3 Å². The zero-order chi connectivity index (χ0) is 13.4. The van der Waals surface area contributed by atoms with E-state index in [9.17, 15) is 4.79 Å². The number of rotatable bonds is 1. The SMILES string of the molecule is CC(=O)N(C)C.c1ccc(C2CCNCC2)cc1. The van der Waals surface area contributed by atoms with Crippen molar-refractivity contribution in [3.8, 4) is 0 Å². The van der Waals surface area contributed by atoms with E-state index in [1.807, 2.05) is 0 Å². The maximum absolute atomic E-state index is 10.1. The number of carbonyl (C=O) groups excluding carboxylic acids is 1. The summed E-state index contributed by atoms with van der Waals surface area (Å²) >= 11 is 0. The predicted octanol–water partition coefficient (Wildman–Crippen LogP) is 2.25. The molecule has 0 radical (unpaired) electrons. The Balaban J connectivity index is 0.000000232. The van der Waals surface area contributed by atoms with Crippen LogP contribution in [0.1, 0.15) is 31.2 Å². The summed E-state index contributed by atoms with van der Waals surface area (Å²) in [6.07, 6.45) is 2.59. The third kappa shape index (κ3) is 5.32. The average Bonchev–Trinajstić information content (AvgIpc) is 2.41. The van der Waals surface area contributed by atoms with Crippen molar-refractivity contribution in [1.82, 2.24) is 10.2 Å². The van der Waals surface area contributed by atoms with Gasteiger partial charge < -0.3 is 10.2 Å². The third-order valence-electron chi connectivity index (χ3n) is 3.24. The molecule has 1 aromatic carbocycles. The van der Waals surface area contributed by atoms with Crippen LogP contribution in [0.3, 0.4) is 0 Å². The maximum atomic E-state index is 10.1. The van der Waals surface area contributed by atoms with Gasteiger partial charge >= 0.3 is 0 Å². The van der Waals surface area contributed by atoms with Crippen LogP contribution in [0, 0.1) is 0 Å². The Morgan fingerprint density at radius 3 is 2.11 bits per heavy atom. The van der Waals surface area contributed by atoms with Crippen LogP contribution >= 0.6 is 0 Å². The van der Waals surface area contributed by atoms with Crippen molar-refractivity contribution in [2.75, 3.05) is 27.2 Å². The summed E-state index contributed by atoms with van der Waals surface area (Å²) in [5.41, 5.74) is 1.51. The fourth-order valence-electron chi connectivity index (χ4n) is 1.88. The van der Waals surface area contributed by atoms with Crippen LogP contribution in [-0.2, 0) is 4.79 Å². The quantitative estimate of drug-likeness (QED) is 0.826. The molecule has 0 aliphatic carbocycles. The Kier molecular flexibility index (Phi) is 6.44. The Morgan fingerprint density at radius 1 is 1.17 bits per heavy atom. The Labute approximate surface area is 110 Å². The van der Waals surface area contributed by atoms with Crippen LogP contribution in [0.5, 0.6) is 0 Å². The molecule has 0 spiro atoms. The van der Waals surface area contributed by atoms with E-state index in [1.54, 1.807) is 14.1 Å². The van der Waals surface area contributed by atoms with Crippen molar-refractivity contribution in [3.63, 3.8) is 0 Å². The second kappa shape index (κ2) is 7.88. The van der Waals surface area contributed by atoms with Crippen molar-refractivity contribution in [2.45, 2.75) is 25.7 Å². The molecule has 1 saturated heterocycles. The normalized spacial score (nSPS) is 15.5. The van der Waals surface area contributed by atoms with Gasteiger partial charge in [0, 0.05) is 21.0 Å². The summed E-state index contributed by atoms with van der Waals surface area (Å²) < 4.78 is 0. The topological polar surface area (TPSA) is 32.3 Å². The molecular formula is C15H24N2O. The fourth-order valence-corrected chi connectivity index (χ4v) is 1.88. The molecule has 1 heterocycles.